The molecule has 3 rings (SSSR count). The quantitative estimate of drug-likeness (QED) is 0.450. The first-order valence-electron chi connectivity index (χ1n) is 9.23. The maximum atomic E-state index is 13.3. The molecule has 0 aliphatic carbocycles. The fourth-order valence-corrected chi connectivity index (χ4v) is 3.86. The summed E-state index contributed by atoms with van der Waals surface area (Å²) >= 11 is 0. The number of carbonyl (C=O) groups excluding carboxylic acids is 1. The molecule has 0 spiro atoms. The zero-order chi connectivity index (χ0) is 18.0. The summed E-state index contributed by atoms with van der Waals surface area (Å²) in [7, 11) is 0. The minimum absolute atomic E-state index is 0.0910. The van der Waals surface area contributed by atoms with E-state index in [4.69, 9.17) is 10.5 Å². The van der Waals surface area contributed by atoms with Crippen LogP contribution in [0.5, 0.6) is 0 Å². The molecule has 2 aliphatic heterocycles. The molecule has 5 nitrogen and oxygen atoms in total. The number of esters is 1. The standard InChI is InChI=1S/C19H28FN3O2/c1-3-4-5-6-13(2)18(24)25-19-10-15(11-22-19)23(12-19)17-8-7-14(20)9-16(17)21/h7-9,13,15,22H,3-6,10-12,21H2,1-2H3/t13?,15-,19-/m1/s1. The predicted octanol–water partition coefficient (Wildman–Crippen LogP) is 3.05. The lowest BCUT2D eigenvalue weighted by atomic mass is 10.0. The first-order chi connectivity index (χ1) is 11.9. The van der Waals surface area contributed by atoms with Gasteiger partial charge in [-0.1, -0.05) is 33.1 Å². The zero-order valence-electron chi connectivity index (χ0n) is 15.1. The van der Waals surface area contributed by atoms with Gasteiger partial charge in [0.05, 0.1) is 23.8 Å². The summed E-state index contributed by atoms with van der Waals surface area (Å²) in [6.45, 7) is 5.36. The van der Waals surface area contributed by atoms with Crippen molar-refractivity contribution in [2.45, 2.75) is 57.7 Å². The van der Waals surface area contributed by atoms with Gasteiger partial charge in [0, 0.05) is 19.0 Å². The van der Waals surface area contributed by atoms with Crippen molar-refractivity contribution in [2.75, 3.05) is 23.7 Å². The molecule has 3 atom stereocenters. The van der Waals surface area contributed by atoms with Crippen LogP contribution < -0.4 is 16.0 Å². The Bertz CT molecular complexity index is 639. The van der Waals surface area contributed by atoms with Crippen molar-refractivity contribution in [3.05, 3.63) is 24.0 Å². The molecule has 0 amide bonds. The van der Waals surface area contributed by atoms with Crippen LogP contribution >= 0.6 is 0 Å². The number of nitrogens with one attached hydrogen (secondary N) is 1. The number of ether oxygens (including phenoxy) is 1. The first kappa shape index (κ1) is 18.0. The summed E-state index contributed by atoms with van der Waals surface area (Å²) in [5.41, 5.74) is 6.56. The largest absolute Gasteiger partial charge is 0.442 e. The topological polar surface area (TPSA) is 67.6 Å². The lowest BCUT2D eigenvalue weighted by molar-refractivity contribution is -0.164. The van der Waals surface area contributed by atoms with Crippen LogP contribution in [0.1, 0.15) is 46.0 Å². The summed E-state index contributed by atoms with van der Waals surface area (Å²) in [5, 5.41) is 3.35. The number of anilines is 2. The monoisotopic (exact) mass is 349 g/mol. The number of halogens is 1. The summed E-state index contributed by atoms with van der Waals surface area (Å²) in [6.07, 6.45) is 4.93. The van der Waals surface area contributed by atoms with Gasteiger partial charge in [-0.2, -0.15) is 0 Å². The normalized spacial score (nSPS) is 26.0. The van der Waals surface area contributed by atoms with Gasteiger partial charge in [0.15, 0.2) is 5.72 Å². The van der Waals surface area contributed by atoms with Crippen molar-refractivity contribution in [2.24, 2.45) is 5.92 Å². The highest BCUT2D eigenvalue weighted by Crippen LogP contribution is 2.39. The van der Waals surface area contributed by atoms with E-state index in [1.807, 2.05) is 6.92 Å². The second-order valence-corrected chi connectivity index (χ2v) is 7.38. The van der Waals surface area contributed by atoms with Crippen LogP contribution in [0.3, 0.4) is 0 Å². The Labute approximate surface area is 148 Å². The summed E-state index contributed by atoms with van der Waals surface area (Å²) in [4.78, 5) is 14.6. The lowest BCUT2D eigenvalue weighted by Gasteiger charge is -2.35. The Kier molecular flexibility index (Phi) is 5.18. The molecule has 0 saturated carbocycles. The summed E-state index contributed by atoms with van der Waals surface area (Å²) in [5.74, 6) is -0.573. The molecule has 2 aliphatic rings. The number of unbranched alkanes of at least 4 members (excludes halogenated alkanes) is 2. The third-order valence-electron chi connectivity index (χ3n) is 5.33. The van der Waals surface area contributed by atoms with Crippen molar-refractivity contribution in [3.8, 4) is 0 Å². The molecule has 1 aromatic rings. The van der Waals surface area contributed by atoms with Crippen molar-refractivity contribution < 1.29 is 13.9 Å². The van der Waals surface area contributed by atoms with E-state index in [1.54, 1.807) is 6.07 Å². The number of nitrogen functional groups attached to an aromatic ring is 1. The van der Waals surface area contributed by atoms with Gasteiger partial charge in [0.2, 0.25) is 0 Å². The van der Waals surface area contributed by atoms with Crippen molar-refractivity contribution >= 4 is 17.3 Å². The van der Waals surface area contributed by atoms with Crippen LogP contribution in [0.4, 0.5) is 15.8 Å². The number of carbonyl (C=O) groups is 1. The van der Waals surface area contributed by atoms with Gasteiger partial charge in [0.1, 0.15) is 5.82 Å². The van der Waals surface area contributed by atoms with E-state index in [2.05, 4.69) is 17.1 Å². The number of hydrogen-bond acceptors (Lipinski definition) is 5. The fourth-order valence-electron chi connectivity index (χ4n) is 3.86. The number of nitrogens with two attached hydrogens (primary N) is 1. The minimum atomic E-state index is -0.651. The van der Waals surface area contributed by atoms with Crippen LogP contribution in [0, 0.1) is 11.7 Å². The second-order valence-electron chi connectivity index (χ2n) is 7.38. The van der Waals surface area contributed by atoms with Crippen LogP contribution in [-0.2, 0) is 9.53 Å². The van der Waals surface area contributed by atoms with Gasteiger partial charge in [-0.05, 0) is 24.6 Å². The maximum Gasteiger partial charge on any atom is 0.310 e. The Morgan fingerprint density at radius 1 is 1.52 bits per heavy atom. The zero-order valence-corrected chi connectivity index (χ0v) is 15.1. The average Bonchev–Trinajstić information content (AvgIpc) is 3.12. The maximum absolute atomic E-state index is 13.3. The Balaban J connectivity index is 1.64. The molecule has 1 unspecified atom stereocenters. The molecular weight excluding hydrogens is 321 g/mol. The number of benzene rings is 1. The Morgan fingerprint density at radius 2 is 2.32 bits per heavy atom. The number of hydrogen-bond donors (Lipinski definition) is 2. The van der Waals surface area contributed by atoms with Gasteiger partial charge in [0.25, 0.3) is 0 Å². The van der Waals surface area contributed by atoms with Crippen LogP contribution in [0.25, 0.3) is 0 Å². The van der Waals surface area contributed by atoms with Crippen molar-refractivity contribution in [1.29, 1.82) is 0 Å². The molecule has 2 fully saturated rings. The van der Waals surface area contributed by atoms with E-state index in [0.29, 0.717) is 12.2 Å². The minimum Gasteiger partial charge on any atom is -0.442 e. The van der Waals surface area contributed by atoms with Gasteiger partial charge in [-0.15, -0.1) is 0 Å². The van der Waals surface area contributed by atoms with Crippen LogP contribution in [0.15, 0.2) is 18.2 Å². The van der Waals surface area contributed by atoms with Gasteiger partial charge in [-0.25, -0.2) is 4.39 Å². The predicted molar refractivity (Wildman–Crippen MR) is 96.7 cm³/mol. The van der Waals surface area contributed by atoms with Crippen LogP contribution in [-0.4, -0.2) is 30.8 Å². The SMILES string of the molecule is CCCCCC(C)C(=O)O[C@@]12C[C@H](CN1)N(c1ccc(F)cc1N)C2. The van der Waals surface area contributed by atoms with E-state index in [9.17, 15) is 9.18 Å². The highest BCUT2D eigenvalue weighted by atomic mass is 19.1. The van der Waals surface area contributed by atoms with Gasteiger partial charge < -0.3 is 15.4 Å². The lowest BCUT2D eigenvalue weighted by Crippen LogP contribution is -2.54. The van der Waals surface area contributed by atoms with E-state index in [1.165, 1.54) is 12.1 Å². The molecule has 0 aromatic heterocycles. The Morgan fingerprint density at radius 3 is 3.04 bits per heavy atom. The highest BCUT2D eigenvalue weighted by Gasteiger charge is 2.53. The second kappa shape index (κ2) is 7.20. The van der Waals surface area contributed by atoms with E-state index in [0.717, 1.165) is 44.3 Å². The highest BCUT2D eigenvalue weighted by molar-refractivity contribution is 5.73. The third-order valence-corrected chi connectivity index (χ3v) is 5.33. The third kappa shape index (κ3) is 3.73. The summed E-state index contributed by atoms with van der Waals surface area (Å²) in [6, 6.07) is 4.66. The average molecular weight is 349 g/mol. The van der Waals surface area contributed by atoms with Gasteiger partial charge in [-0.3, -0.25) is 10.1 Å². The molecule has 3 N–H and O–H groups in total. The number of nitrogens with zero attached hydrogens (tertiary/aromatic N) is 1. The molecule has 2 heterocycles. The fraction of sp³-hybridized carbons (Fsp3) is 0.632. The van der Waals surface area contributed by atoms with E-state index in [-0.39, 0.29) is 23.7 Å². The van der Waals surface area contributed by atoms with Crippen molar-refractivity contribution in [3.63, 3.8) is 0 Å². The first-order valence-corrected chi connectivity index (χ1v) is 9.23. The molecular formula is C19H28FN3O2. The number of rotatable bonds is 7. The van der Waals surface area contributed by atoms with Gasteiger partial charge >= 0.3 is 5.97 Å². The molecule has 6 heteroatoms. The van der Waals surface area contributed by atoms with E-state index < -0.39 is 5.72 Å². The Hall–Kier alpha value is -1.82. The molecule has 2 saturated heterocycles. The smallest absolute Gasteiger partial charge is 0.310 e. The molecule has 1 aromatic carbocycles. The molecule has 25 heavy (non-hydrogen) atoms. The molecule has 138 valence electrons. The number of fused-ring (bicyclic) bond motifs is 2. The number of piperazine rings is 1. The molecule has 0 radical (unpaired) electrons. The van der Waals surface area contributed by atoms with Crippen molar-refractivity contribution in [1.82, 2.24) is 5.32 Å². The molecule has 2 bridgehead atoms. The summed E-state index contributed by atoms with van der Waals surface area (Å²) < 4.78 is 19.2. The van der Waals surface area contributed by atoms with E-state index >= 15 is 0 Å². The van der Waals surface area contributed by atoms with Crippen LogP contribution in [0.2, 0.25) is 0 Å².